The summed E-state index contributed by atoms with van der Waals surface area (Å²) < 4.78 is 0. The Hall–Kier alpha value is -1.09. The maximum atomic E-state index is 3.62. The van der Waals surface area contributed by atoms with E-state index in [1.54, 1.807) is 0 Å². The predicted octanol–water partition coefficient (Wildman–Crippen LogP) is 3.47. The average molecular weight is 232 g/mol. The zero-order chi connectivity index (χ0) is 11.0. The Bertz CT molecular complexity index is 491. The van der Waals surface area contributed by atoms with Crippen LogP contribution in [0.5, 0.6) is 0 Å². The van der Waals surface area contributed by atoms with Crippen LogP contribution in [0.2, 0.25) is 0 Å². The molecule has 1 saturated heterocycles. The molecule has 2 heterocycles. The predicted molar refractivity (Wildman–Crippen MR) is 72.2 cm³/mol. The molecule has 0 aliphatic carbocycles. The number of nitrogens with one attached hydrogen (secondary N) is 2. The first kappa shape index (κ1) is 10.1. The van der Waals surface area contributed by atoms with Crippen molar-refractivity contribution in [3.05, 3.63) is 30.5 Å². The molecule has 0 saturated carbocycles. The van der Waals surface area contributed by atoms with Gasteiger partial charge in [0.1, 0.15) is 0 Å². The summed E-state index contributed by atoms with van der Waals surface area (Å²) in [6.45, 7) is 2.31. The minimum atomic E-state index is 0.636. The Morgan fingerprint density at radius 2 is 2.31 bits per heavy atom. The Morgan fingerprint density at radius 1 is 1.38 bits per heavy atom. The number of thioether (sulfide) groups is 1. The van der Waals surface area contributed by atoms with Crippen molar-refractivity contribution in [1.29, 1.82) is 0 Å². The number of rotatable bonds is 2. The molecule has 2 atom stereocenters. The summed E-state index contributed by atoms with van der Waals surface area (Å²) in [7, 11) is 0. The minimum Gasteiger partial charge on any atom is -0.381 e. The van der Waals surface area contributed by atoms with Gasteiger partial charge in [0.15, 0.2) is 0 Å². The van der Waals surface area contributed by atoms with Crippen LogP contribution >= 0.6 is 11.8 Å². The highest BCUT2D eigenvalue weighted by Crippen LogP contribution is 2.29. The summed E-state index contributed by atoms with van der Waals surface area (Å²) in [6, 6.07) is 9.28. The second-order valence-corrected chi connectivity index (χ2v) is 5.97. The third-order valence-electron chi connectivity index (χ3n) is 3.12. The second-order valence-electron chi connectivity index (χ2n) is 4.50. The van der Waals surface area contributed by atoms with Crippen LogP contribution in [-0.4, -0.2) is 22.0 Å². The number of aromatic nitrogens is 1. The summed E-state index contributed by atoms with van der Waals surface area (Å²) in [5.74, 6) is 1.23. The SMILES string of the molecule is CC1CC(Nc2ccc3[nH]ccc3c2)CS1. The fourth-order valence-electron chi connectivity index (χ4n) is 2.30. The molecule has 84 valence electrons. The summed E-state index contributed by atoms with van der Waals surface area (Å²) in [5.41, 5.74) is 2.45. The zero-order valence-electron chi connectivity index (χ0n) is 9.36. The summed E-state index contributed by atoms with van der Waals surface area (Å²) in [6.07, 6.45) is 3.26. The van der Waals surface area contributed by atoms with Crippen molar-refractivity contribution in [2.24, 2.45) is 0 Å². The molecule has 3 heteroatoms. The number of aromatic amines is 1. The lowest BCUT2D eigenvalue weighted by Gasteiger charge is -2.13. The van der Waals surface area contributed by atoms with Crippen LogP contribution in [0.25, 0.3) is 10.9 Å². The van der Waals surface area contributed by atoms with Gasteiger partial charge in [-0.1, -0.05) is 6.92 Å². The molecule has 3 rings (SSSR count). The zero-order valence-corrected chi connectivity index (χ0v) is 10.2. The summed E-state index contributed by atoms with van der Waals surface area (Å²) in [4.78, 5) is 3.22. The Labute approximate surface area is 99.8 Å². The number of fused-ring (bicyclic) bond motifs is 1. The maximum Gasteiger partial charge on any atom is 0.0455 e. The topological polar surface area (TPSA) is 27.8 Å². The Kier molecular flexibility index (Phi) is 2.56. The van der Waals surface area contributed by atoms with Crippen molar-refractivity contribution in [3.8, 4) is 0 Å². The van der Waals surface area contributed by atoms with E-state index in [2.05, 4.69) is 53.3 Å². The van der Waals surface area contributed by atoms with Crippen molar-refractivity contribution >= 4 is 28.4 Å². The van der Waals surface area contributed by atoms with E-state index in [4.69, 9.17) is 0 Å². The van der Waals surface area contributed by atoms with Crippen LogP contribution in [0, 0.1) is 0 Å². The van der Waals surface area contributed by atoms with Crippen molar-refractivity contribution < 1.29 is 0 Å². The standard InChI is InChI=1S/C13H16N2S/c1-9-6-12(8-16-9)15-11-2-3-13-10(7-11)4-5-14-13/h2-5,7,9,12,14-15H,6,8H2,1H3. The van der Waals surface area contributed by atoms with Crippen molar-refractivity contribution in [2.45, 2.75) is 24.6 Å². The van der Waals surface area contributed by atoms with Gasteiger partial charge in [-0.25, -0.2) is 0 Å². The summed E-state index contributed by atoms with van der Waals surface area (Å²) in [5, 5.41) is 5.70. The number of anilines is 1. The van der Waals surface area contributed by atoms with Gasteiger partial charge < -0.3 is 10.3 Å². The molecule has 2 unspecified atom stereocenters. The van der Waals surface area contributed by atoms with Crippen molar-refractivity contribution in [2.75, 3.05) is 11.1 Å². The average Bonchev–Trinajstić information content (AvgIpc) is 2.87. The van der Waals surface area contributed by atoms with E-state index in [1.807, 2.05) is 6.20 Å². The maximum absolute atomic E-state index is 3.62. The quantitative estimate of drug-likeness (QED) is 0.829. The molecule has 1 fully saturated rings. The molecule has 16 heavy (non-hydrogen) atoms. The lowest BCUT2D eigenvalue weighted by molar-refractivity contribution is 0.747. The van der Waals surface area contributed by atoms with E-state index < -0.39 is 0 Å². The van der Waals surface area contributed by atoms with Gasteiger partial charge >= 0.3 is 0 Å². The molecule has 0 amide bonds. The third kappa shape index (κ3) is 1.92. The van der Waals surface area contributed by atoms with E-state index in [9.17, 15) is 0 Å². The fraction of sp³-hybridized carbons (Fsp3) is 0.385. The van der Waals surface area contributed by atoms with Crippen LogP contribution in [0.15, 0.2) is 30.5 Å². The molecule has 2 N–H and O–H groups in total. The van der Waals surface area contributed by atoms with Crippen LogP contribution in [0.3, 0.4) is 0 Å². The lowest BCUT2D eigenvalue weighted by Crippen LogP contribution is -2.18. The molecule has 2 nitrogen and oxygen atoms in total. The van der Waals surface area contributed by atoms with E-state index in [1.165, 1.54) is 28.8 Å². The molecule has 2 aromatic rings. The van der Waals surface area contributed by atoms with E-state index in [0.717, 1.165) is 5.25 Å². The van der Waals surface area contributed by atoms with Crippen LogP contribution in [0.1, 0.15) is 13.3 Å². The van der Waals surface area contributed by atoms with E-state index in [-0.39, 0.29) is 0 Å². The van der Waals surface area contributed by atoms with Crippen molar-refractivity contribution in [1.82, 2.24) is 4.98 Å². The van der Waals surface area contributed by atoms with Gasteiger partial charge in [-0.3, -0.25) is 0 Å². The highest BCUT2D eigenvalue weighted by atomic mass is 32.2. The van der Waals surface area contributed by atoms with E-state index >= 15 is 0 Å². The molecule has 1 aliphatic heterocycles. The van der Waals surface area contributed by atoms with Crippen LogP contribution < -0.4 is 5.32 Å². The van der Waals surface area contributed by atoms with Crippen molar-refractivity contribution in [3.63, 3.8) is 0 Å². The first-order chi connectivity index (χ1) is 7.81. The largest absolute Gasteiger partial charge is 0.381 e. The highest BCUT2D eigenvalue weighted by molar-refractivity contribution is 8.00. The van der Waals surface area contributed by atoms with Gasteiger partial charge in [0, 0.05) is 39.8 Å². The van der Waals surface area contributed by atoms with Gasteiger partial charge in [-0.05, 0) is 30.7 Å². The molecule has 0 spiro atoms. The Balaban J connectivity index is 1.78. The molecular formula is C13H16N2S. The van der Waals surface area contributed by atoms with Gasteiger partial charge in [0.2, 0.25) is 0 Å². The van der Waals surface area contributed by atoms with Gasteiger partial charge in [0.05, 0.1) is 0 Å². The van der Waals surface area contributed by atoms with E-state index in [0.29, 0.717) is 6.04 Å². The Morgan fingerprint density at radius 3 is 3.12 bits per heavy atom. The minimum absolute atomic E-state index is 0.636. The number of hydrogen-bond donors (Lipinski definition) is 2. The molecular weight excluding hydrogens is 216 g/mol. The first-order valence-corrected chi connectivity index (χ1v) is 6.81. The van der Waals surface area contributed by atoms with Gasteiger partial charge in [-0.2, -0.15) is 11.8 Å². The van der Waals surface area contributed by atoms with Crippen LogP contribution in [0.4, 0.5) is 5.69 Å². The first-order valence-electron chi connectivity index (χ1n) is 5.76. The number of benzene rings is 1. The molecule has 1 aliphatic rings. The fourth-order valence-corrected chi connectivity index (χ4v) is 3.45. The highest BCUT2D eigenvalue weighted by Gasteiger charge is 2.21. The third-order valence-corrected chi connectivity index (χ3v) is 4.48. The number of hydrogen-bond acceptors (Lipinski definition) is 2. The second kappa shape index (κ2) is 4.06. The lowest BCUT2D eigenvalue weighted by atomic mass is 10.1. The molecule has 1 aromatic heterocycles. The monoisotopic (exact) mass is 232 g/mol. The summed E-state index contributed by atoms with van der Waals surface area (Å²) >= 11 is 2.06. The smallest absolute Gasteiger partial charge is 0.0455 e. The number of H-pyrrole nitrogens is 1. The molecule has 0 bridgehead atoms. The molecule has 1 aromatic carbocycles. The van der Waals surface area contributed by atoms with Gasteiger partial charge in [0.25, 0.3) is 0 Å². The molecule has 0 radical (unpaired) electrons. The normalized spacial score (nSPS) is 25.1. The van der Waals surface area contributed by atoms with Gasteiger partial charge in [-0.15, -0.1) is 0 Å². The van der Waals surface area contributed by atoms with Crippen LogP contribution in [-0.2, 0) is 0 Å².